The molecule has 3 aromatic rings. The number of nitrogens with zero attached hydrogens (tertiary/aromatic N) is 1. The highest BCUT2D eigenvalue weighted by atomic mass is 19.4. The van der Waals surface area contributed by atoms with Crippen LogP contribution in [-0.4, -0.2) is 9.55 Å². The van der Waals surface area contributed by atoms with Crippen LogP contribution in [0.4, 0.5) is 17.6 Å². The van der Waals surface area contributed by atoms with Gasteiger partial charge in [0.05, 0.1) is 23.1 Å². The van der Waals surface area contributed by atoms with E-state index in [1.807, 2.05) is 0 Å². The monoisotopic (exact) mass is 310 g/mol. The minimum atomic E-state index is -4.49. The molecule has 114 valence electrons. The summed E-state index contributed by atoms with van der Waals surface area (Å²) < 4.78 is 52.9. The third-order valence-electron chi connectivity index (χ3n) is 3.39. The van der Waals surface area contributed by atoms with Gasteiger partial charge in [0.25, 0.3) is 0 Å². The molecule has 0 aliphatic carbocycles. The van der Waals surface area contributed by atoms with E-state index in [9.17, 15) is 22.4 Å². The summed E-state index contributed by atoms with van der Waals surface area (Å²) in [4.78, 5) is 14.3. The Morgan fingerprint density at radius 1 is 1.09 bits per heavy atom. The van der Waals surface area contributed by atoms with Crippen LogP contribution in [0.3, 0.4) is 0 Å². The Morgan fingerprint density at radius 2 is 1.82 bits per heavy atom. The number of fused-ring (bicyclic) bond motifs is 1. The van der Waals surface area contributed by atoms with Gasteiger partial charge < -0.3 is 4.98 Å². The van der Waals surface area contributed by atoms with Crippen molar-refractivity contribution in [3.05, 3.63) is 69.9 Å². The highest BCUT2D eigenvalue weighted by Crippen LogP contribution is 2.30. The third-order valence-corrected chi connectivity index (χ3v) is 3.39. The number of aromatic nitrogens is 2. The summed E-state index contributed by atoms with van der Waals surface area (Å²) in [6, 6.07) is 8.90. The van der Waals surface area contributed by atoms with E-state index in [0.717, 1.165) is 12.1 Å². The molecule has 0 bridgehead atoms. The zero-order valence-electron chi connectivity index (χ0n) is 11.1. The van der Waals surface area contributed by atoms with Gasteiger partial charge in [0, 0.05) is 5.56 Å². The number of benzene rings is 2. The normalized spacial score (nSPS) is 12.0. The summed E-state index contributed by atoms with van der Waals surface area (Å²) in [7, 11) is 0. The van der Waals surface area contributed by atoms with Crippen LogP contribution in [0, 0.1) is 5.82 Å². The Bertz CT molecular complexity index is 892. The minimum Gasteiger partial charge on any atom is -0.306 e. The number of halogens is 4. The first-order chi connectivity index (χ1) is 10.4. The molecule has 7 heteroatoms. The number of alkyl halides is 3. The molecule has 0 spiro atoms. The number of imidazole rings is 1. The molecule has 0 aliphatic heterocycles. The van der Waals surface area contributed by atoms with Crippen molar-refractivity contribution < 1.29 is 17.6 Å². The molecule has 2 aromatic carbocycles. The smallest absolute Gasteiger partial charge is 0.306 e. The van der Waals surface area contributed by atoms with E-state index in [1.165, 1.54) is 28.8 Å². The average Bonchev–Trinajstić information content (AvgIpc) is 2.76. The summed E-state index contributed by atoms with van der Waals surface area (Å²) in [6.45, 7) is -0.0587. The number of nitrogens with one attached hydrogen (secondary N) is 1. The fourth-order valence-electron chi connectivity index (χ4n) is 2.29. The first-order valence-electron chi connectivity index (χ1n) is 6.39. The molecular formula is C15H10F4N2O. The third kappa shape index (κ3) is 2.49. The van der Waals surface area contributed by atoms with Gasteiger partial charge in [0.15, 0.2) is 0 Å². The van der Waals surface area contributed by atoms with E-state index in [1.54, 1.807) is 6.07 Å². The molecule has 1 aromatic heterocycles. The Morgan fingerprint density at radius 3 is 2.50 bits per heavy atom. The van der Waals surface area contributed by atoms with Crippen molar-refractivity contribution in [1.29, 1.82) is 0 Å². The molecule has 0 unspecified atom stereocenters. The van der Waals surface area contributed by atoms with E-state index in [2.05, 4.69) is 4.98 Å². The Balaban J connectivity index is 2.10. The maximum absolute atomic E-state index is 13.7. The van der Waals surface area contributed by atoms with Gasteiger partial charge in [-0.15, -0.1) is 0 Å². The van der Waals surface area contributed by atoms with Crippen LogP contribution >= 0.6 is 0 Å². The van der Waals surface area contributed by atoms with E-state index in [-0.39, 0.29) is 17.6 Å². The predicted molar refractivity (Wildman–Crippen MR) is 73.1 cm³/mol. The molecule has 1 N–H and O–H groups in total. The van der Waals surface area contributed by atoms with Gasteiger partial charge in [0.1, 0.15) is 5.82 Å². The molecule has 22 heavy (non-hydrogen) atoms. The molecule has 3 nitrogen and oxygen atoms in total. The lowest BCUT2D eigenvalue weighted by Crippen LogP contribution is -2.17. The van der Waals surface area contributed by atoms with Gasteiger partial charge in [0.2, 0.25) is 0 Å². The molecule has 0 aliphatic rings. The second-order valence-electron chi connectivity index (χ2n) is 4.84. The van der Waals surface area contributed by atoms with Crippen molar-refractivity contribution in [2.45, 2.75) is 12.7 Å². The van der Waals surface area contributed by atoms with Crippen molar-refractivity contribution in [3.8, 4) is 0 Å². The molecule has 1 heterocycles. The molecule has 0 amide bonds. The summed E-state index contributed by atoms with van der Waals surface area (Å²) >= 11 is 0. The standard InChI is InChI=1S/C15H10F4N2O/c16-11-4-2-1-3-9(11)8-21-13-6-5-10(15(17,18)19)7-12(13)20-14(21)22/h1-7H,8H2,(H,20,22). The molecule has 0 atom stereocenters. The van der Waals surface area contributed by atoms with Crippen LogP contribution in [0.15, 0.2) is 47.3 Å². The van der Waals surface area contributed by atoms with Crippen molar-refractivity contribution in [1.82, 2.24) is 9.55 Å². The van der Waals surface area contributed by atoms with Gasteiger partial charge in [-0.25, -0.2) is 9.18 Å². The number of hydrogen-bond acceptors (Lipinski definition) is 1. The van der Waals surface area contributed by atoms with Crippen LogP contribution in [0.5, 0.6) is 0 Å². The summed E-state index contributed by atoms with van der Waals surface area (Å²) in [5.41, 5.74) is -0.792. The zero-order chi connectivity index (χ0) is 15.9. The Kier molecular flexibility index (Phi) is 3.27. The molecular weight excluding hydrogens is 300 g/mol. The van der Waals surface area contributed by atoms with Crippen molar-refractivity contribution in [2.24, 2.45) is 0 Å². The molecule has 3 rings (SSSR count). The van der Waals surface area contributed by atoms with E-state index < -0.39 is 23.2 Å². The number of rotatable bonds is 2. The Labute approximate surface area is 121 Å². The SMILES string of the molecule is O=c1[nH]c2cc(C(F)(F)F)ccc2n1Cc1ccccc1F. The summed E-state index contributed by atoms with van der Waals surface area (Å²) in [5.74, 6) is -0.476. The minimum absolute atomic E-state index is 0.0587. The summed E-state index contributed by atoms with van der Waals surface area (Å²) in [5, 5.41) is 0. The van der Waals surface area contributed by atoms with E-state index in [4.69, 9.17) is 0 Å². The highest BCUT2D eigenvalue weighted by Gasteiger charge is 2.30. The van der Waals surface area contributed by atoms with Crippen molar-refractivity contribution >= 4 is 11.0 Å². The van der Waals surface area contributed by atoms with Crippen LogP contribution in [0.25, 0.3) is 11.0 Å². The zero-order valence-corrected chi connectivity index (χ0v) is 11.1. The fourth-order valence-corrected chi connectivity index (χ4v) is 2.29. The lowest BCUT2D eigenvalue weighted by atomic mass is 10.2. The highest BCUT2D eigenvalue weighted by molar-refractivity contribution is 5.76. The number of hydrogen-bond donors (Lipinski definition) is 1. The topological polar surface area (TPSA) is 37.8 Å². The predicted octanol–water partition coefficient (Wildman–Crippen LogP) is 3.54. The molecule has 0 fully saturated rings. The second-order valence-corrected chi connectivity index (χ2v) is 4.84. The molecule has 0 radical (unpaired) electrons. The maximum Gasteiger partial charge on any atom is 0.416 e. The van der Waals surface area contributed by atoms with E-state index >= 15 is 0 Å². The van der Waals surface area contributed by atoms with Crippen LogP contribution in [-0.2, 0) is 12.7 Å². The lowest BCUT2D eigenvalue weighted by Gasteiger charge is -2.07. The quantitative estimate of drug-likeness (QED) is 0.722. The molecule has 0 saturated carbocycles. The Hall–Kier alpha value is -2.57. The van der Waals surface area contributed by atoms with Crippen LogP contribution in [0.2, 0.25) is 0 Å². The van der Waals surface area contributed by atoms with Gasteiger partial charge in [-0.05, 0) is 24.3 Å². The largest absolute Gasteiger partial charge is 0.416 e. The van der Waals surface area contributed by atoms with Crippen LogP contribution in [0.1, 0.15) is 11.1 Å². The van der Waals surface area contributed by atoms with Gasteiger partial charge in [-0.3, -0.25) is 4.57 Å². The van der Waals surface area contributed by atoms with Gasteiger partial charge in [-0.1, -0.05) is 18.2 Å². The summed E-state index contributed by atoms with van der Waals surface area (Å²) in [6.07, 6.45) is -4.49. The van der Waals surface area contributed by atoms with Gasteiger partial charge >= 0.3 is 11.9 Å². The van der Waals surface area contributed by atoms with Crippen LogP contribution < -0.4 is 5.69 Å². The number of aromatic amines is 1. The first kappa shape index (κ1) is 14.4. The lowest BCUT2D eigenvalue weighted by molar-refractivity contribution is -0.137. The number of H-pyrrole nitrogens is 1. The average molecular weight is 310 g/mol. The van der Waals surface area contributed by atoms with Crippen molar-refractivity contribution in [3.63, 3.8) is 0 Å². The van der Waals surface area contributed by atoms with Gasteiger partial charge in [-0.2, -0.15) is 13.2 Å². The van der Waals surface area contributed by atoms with Crippen molar-refractivity contribution in [2.75, 3.05) is 0 Å². The fraction of sp³-hybridized carbons (Fsp3) is 0.133. The second kappa shape index (κ2) is 5.01. The maximum atomic E-state index is 13.7. The molecule has 0 saturated heterocycles. The first-order valence-corrected chi connectivity index (χ1v) is 6.39. The van der Waals surface area contributed by atoms with E-state index in [0.29, 0.717) is 5.52 Å².